The lowest BCUT2D eigenvalue weighted by Gasteiger charge is -2.32. The molecule has 1 aromatic carbocycles. The predicted octanol–water partition coefficient (Wildman–Crippen LogP) is 3.22. The Kier molecular flexibility index (Phi) is 6.18. The van der Waals surface area contributed by atoms with Crippen LogP contribution in [0.1, 0.15) is 12.8 Å². The molecule has 2 aromatic rings. The molecule has 2 amide bonds. The van der Waals surface area contributed by atoms with Crippen LogP contribution in [-0.2, 0) is 0 Å². The van der Waals surface area contributed by atoms with E-state index in [1.54, 1.807) is 37.3 Å². The van der Waals surface area contributed by atoms with Gasteiger partial charge in [0, 0.05) is 12.6 Å². The molecule has 1 fully saturated rings. The van der Waals surface area contributed by atoms with E-state index in [1.807, 2.05) is 0 Å². The van der Waals surface area contributed by atoms with Crippen molar-refractivity contribution < 1.29 is 19.0 Å². The number of hydrogen-bond acceptors (Lipinski definition) is 6. The molecule has 0 saturated carbocycles. The molecular weight excluding hydrogens is 372 g/mol. The average Bonchev–Trinajstić information content (AvgIpc) is 2.70. The van der Waals surface area contributed by atoms with Crippen molar-refractivity contribution in [2.45, 2.75) is 18.9 Å². The van der Waals surface area contributed by atoms with Crippen LogP contribution in [0.4, 0.5) is 10.5 Å². The molecule has 8 nitrogen and oxygen atoms in total. The maximum atomic E-state index is 12.7. The van der Waals surface area contributed by atoms with E-state index in [2.05, 4.69) is 15.3 Å². The molecule has 0 spiro atoms. The summed E-state index contributed by atoms with van der Waals surface area (Å²) < 4.78 is 16.3. The largest absolute Gasteiger partial charge is 0.497 e. The van der Waals surface area contributed by atoms with Crippen molar-refractivity contribution in [3.63, 3.8) is 0 Å². The molecule has 1 aliphatic heterocycles. The van der Waals surface area contributed by atoms with Crippen LogP contribution in [0.25, 0.3) is 0 Å². The highest BCUT2D eigenvalue weighted by Gasteiger charge is 2.26. The summed E-state index contributed by atoms with van der Waals surface area (Å²) in [5, 5.41) is 3.32. The quantitative estimate of drug-likeness (QED) is 0.840. The Bertz CT molecular complexity index is 787. The lowest BCUT2D eigenvalue weighted by Crippen LogP contribution is -2.46. The summed E-state index contributed by atoms with van der Waals surface area (Å²) in [5.74, 6) is 1.18. The van der Waals surface area contributed by atoms with Crippen molar-refractivity contribution in [1.29, 1.82) is 0 Å². The second-order valence-electron chi connectivity index (χ2n) is 6.01. The number of piperidine rings is 1. The van der Waals surface area contributed by atoms with E-state index in [9.17, 15) is 4.79 Å². The first kappa shape index (κ1) is 19.0. The maximum Gasteiger partial charge on any atom is 0.322 e. The maximum absolute atomic E-state index is 12.7. The number of methoxy groups -OCH3 is 2. The minimum atomic E-state index is -0.219. The molecule has 9 heteroatoms. The first-order valence-corrected chi connectivity index (χ1v) is 8.89. The van der Waals surface area contributed by atoms with Crippen molar-refractivity contribution in [2.24, 2.45) is 0 Å². The van der Waals surface area contributed by atoms with E-state index in [0.717, 1.165) is 12.8 Å². The van der Waals surface area contributed by atoms with Gasteiger partial charge in [-0.2, -0.15) is 0 Å². The predicted molar refractivity (Wildman–Crippen MR) is 101 cm³/mol. The number of anilines is 1. The third-order valence-corrected chi connectivity index (χ3v) is 4.38. The summed E-state index contributed by atoms with van der Waals surface area (Å²) in [6.45, 7) is 1.09. The highest BCUT2D eigenvalue weighted by molar-refractivity contribution is 6.30. The van der Waals surface area contributed by atoms with E-state index in [-0.39, 0.29) is 18.1 Å². The lowest BCUT2D eigenvalue weighted by molar-refractivity contribution is 0.0983. The third kappa shape index (κ3) is 4.91. The zero-order valence-corrected chi connectivity index (χ0v) is 15.9. The van der Waals surface area contributed by atoms with Gasteiger partial charge >= 0.3 is 12.0 Å². The van der Waals surface area contributed by atoms with E-state index in [4.69, 9.17) is 25.8 Å². The van der Waals surface area contributed by atoms with Crippen LogP contribution >= 0.6 is 11.6 Å². The van der Waals surface area contributed by atoms with Gasteiger partial charge in [0.1, 0.15) is 17.6 Å². The highest BCUT2D eigenvalue weighted by atomic mass is 35.5. The van der Waals surface area contributed by atoms with Gasteiger partial charge in [-0.15, -0.1) is 0 Å². The van der Waals surface area contributed by atoms with Gasteiger partial charge in [-0.1, -0.05) is 11.6 Å². The Morgan fingerprint density at radius 1 is 1.26 bits per heavy atom. The van der Waals surface area contributed by atoms with E-state index < -0.39 is 0 Å². The Labute approximate surface area is 162 Å². The topological polar surface area (TPSA) is 85.8 Å². The lowest BCUT2D eigenvalue weighted by atomic mass is 10.1. The van der Waals surface area contributed by atoms with Crippen molar-refractivity contribution in [3.05, 3.63) is 35.6 Å². The molecule has 2 heterocycles. The van der Waals surface area contributed by atoms with Gasteiger partial charge in [0.25, 0.3) is 0 Å². The molecule has 1 aromatic heterocycles. The number of aromatic nitrogens is 2. The van der Waals surface area contributed by atoms with Crippen LogP contribution in [0.5, 0.6) is 17.5 Å². The number of ether oxygens (including phenoxy) is 3. The van der Waals surface area contributed by atoms with Crippen LogP contribution in [0, 0.1) is 0 Å². The first-order valence-electron chi connectivity index (χ1n) is 8.51. The van der Waals surface area contributed by atoms with Gasteiger partial charge in [-0.05, 0) is 25.0 Å². The van der Waals surface area contributed by atoms with Crippen LogP contribution in [0.3, 0.4) is 0 Å². The fourth-order valence-electron chi connectivity index (χ4n) is 2.83. The Hall–Kier alpha value is -2.74. The normalized spacial score (nSPS) is 16.6. The van der Waals surface area contributed by atoms with Crippen molar-refractivity contribution in [2.75, 3.05) is 32.6 Å². The fraction of sp³-hybridized carbons (Fsp3) is 0.389. The molecule has 0 bridgehead atoms. The van der Waals surface area contributed by atoms with Crippen LogP contribution in [0.15, 0.2) is 30.6 Å². The van der Waals surface area contributed by atoms with Crippen LogP contribution in [0.2, 0.25) is 5.02 Å². The molecule has 0 aliphatic carbocycles. The van der Waals surface area contributed by atoms with Gasteiger partial charge in [-0.3, -0.25) is 0 Å². The summed E-state index contributed by atoms with van der Waals surface area (Å²) in [5.41, 5.74) is 0.576. The Morgan fingerprint density at radius 2 is 2.04 bits per heavy atom. The third-order valence-electron chi connectivity index (χ3n) is 4.18. The first-order chi connectivity index (χ1) is 13.1. The number of nitrogens with one attached hydrogen (secondary N) is 1. The van der Waals surface area contributed by atoms with Crippen molar-refractivity contribution in [3.8, 4) is 17.5 Å². The number of carbonyl (C=O) groups is 1. The molecular formula is C18H21ClN4O4. The average molecular weight is 393 g/mol. The molecule has 1 aliphatic rings. The number of rotatable bonds is 5. The zero-order chi connectivity index (χ0) is 19.2. The van der Waals surface area contributed by atoms with Gasteiger partial charge in [0.2, 0.25) is 0 Å². The standard InChI is InChI=1S/C18H21ClN4O4/c1-25-13-5-6-15(16(8-13)26-2)22-18(24)23-7-3-4-14(11-23)27-17-20-9-12(19)10-21-17/h5-6,8-10,14H,3-4,7,11H2,1-2H3,(H,22,24). The summed E-state index contributed by atoms with van der Waals surface area (Å²) in [4.78, 5) is 22.4. The molecule has 1 atom stereocenters. The van der Waals surface area contributed by atoms with E-state index >= 15 is 0 Å². The minimum Gasteiger partial charge on any atom is -0.497 e. The number of halogens is 1. The Morgan fingerprint density at radius 3 is 2.74 bits per heavy atom. The van der Waals surface area contributed by atoms with Crippen molar-refractivity contribution in [1.82, 2.24) is 14.9 Å². The second-order valence-corrected chi connectivity index (χ2v) is 6.44. The molecule has 1 saturated heterocycles. The summed E-state index contributed by atoms with van der Waals surface area (Å²) >= 11 is 5.78. The van der Waals surface area contributed by atoms with Crippen LogP contribution in [-0.4, -0.2) is 54.3 Å². The summed E-state index contributed by atoms with van der Waals surface area (Å²) in [6, 6.07) is 5.26. The molecule has 27 heavy (non-hydrogen) atoms. The number of nitrogens with zero attached hydrogens (tertiary/aromatic N) is 3. The monoisotopic (exact) mass is 392 g/mol. The fourth-order valence-corrected chi connectivity index (χ4v) is 2.92. The van der Waals surface area contributed by atoms with Crippen molar-refractivity contribution >= 4 is 23.3 Å². The van der Waals surface area contributed by atoms with Gasteiger partial charge < -0.3 is 24.4 Å². The molecule has 144 valence electrons. The van der Waals surface area contributed by atoms with Crippen LogP contribution < -0.4 is 19.5 Å². The minimum absolute atomic E-state index is 0.177. The number of hydrogen-bond donors (Lipinski definition) is 1. The summed E-state index contributed by atoms with van der Waals surface area (Å²) in [7, 11) is 3.12. The SMILES string of the molecule is COc1ccc(NC(=O)N2CCCC(Oc3ncc(Cl)cn3)C2)c(OC)c1. The number of benzene rings is 1. The number of urea groups is 1. The highest BCUT2D eigenvalue weighted by Crippen LogP contribution is 2.29. The number of amides is 2. The van der Waals surface area contributed by atoms with Gasteiger partial charge in [-0.25, -0.2) is 14.8 Å². The summed E-state index contributed by atoms with van der Waals surface area (Å²) in [6.07, 6.45) is 4.43. The van der Waals surface area contributed by atoms with E-state index in [1.165, 1.54) is 12.4 Å². The molecule has 1 unspecified atom stereocenters. The van der Waals surface area contributed by atoms with Gasteiger partial charge in [0.05, 0.1) is 43.9 Å². The molecule has 0 radical (unpaired) electrons. The van der Waals surface area contributed by atoms with E-state index in [0.29, 0.717) is 35.3 Å². The number of likely N-dealkylation sites (tertiary alicyclic amines) is 1. The smallest absolute Gasteiger partial charge is 0.322 e. The number of carbonyl (C=O) groups excluding carboxylic acids is 1. The molecule has 1 N–H and O–H groups in total. The Balaban J connectivity index is 1.62. The van der Waals surface area contributed by atoms with Gasteiger partial charge in [0.15, 0.2) is 0 Å². The molecule has 3 rings (SSSR count). The second kappa shape index (κ2) is 8.77. The zero-order valence-electron chi connectivity index (χ0n) is 15.1.